The lowest BCUT2D eigenvalue weighted by Gasteiger charge is -2.26. The molecule has 0 aliphatic carbocycles. The number of ether oxygens (including phenoxy) is 2. The molecule has 0 saturated carbocycles. The van der Waals surface area contributed by atoms with E-state index in [1.807, 2.05) is 42.6 Å². The fourth-order valence-electron chi connectivity index (χ4n) is 3.56. The number of aromatic nitrogens is 1. The molecule has 0 saturated heterocycles. The normalized spacial score (nSPS) is 11.9. The van der Waals surface area contributed by atoms with Gasteiger partial charge in [0.05, 0.1) is 0 Å². The third-order valence-electron chi connectivity index (χ3n) is 5.95. The highest BCUT2D eigenvalue weighted by molar-refractivity contribution is 5.42. The largest absolute Gasteiger partial charge is 0.573 e. The predicted molar refractivity (Wildman–Crippen MR) is 139 cm³/mol. The van der Waals surface area contributed by atoms with Gasteiger partial charge in [0.1, 0.15) is 23.1 Å². The fraction of sp³-hybridized carbons (Fsp3) is 0.345. The zero-order chi connectivity index (χ0) is 27.2. The molecule has 0 aliphatic rings. The van der Waals surface area contributed by atoms with Gasteiger partial charge in [-0.1, -0.05) is 50.8 Å². The SMILES string of the molecule is C=C(O)C(C)(C)Oc1ccc(CCN(Cc2ccc(OC(F)(F)F)cc2)c2ccc(C(C)C)cn2)cc1. The second-order valence-electron chi connectivity index (χ2n) is 9.67. The Bertz CT molecular complexity index is 1160. The molecule has 0 aliphatic heterocycles. The van der Waals surface area contributed by atoms with Crippen LogP contribution in [0.3, 0.4) is 0 Å². The molecule has 0 radical (unpaired) electrons. The Labute approximate surface area is 216 Å². The van der Waals surface area contributed by atoms with E-state index in [1.165, 1.54) is 12.1 Å². The monoisotopic (exact) mass is 514 g/mol. The molecule has 198 valence electrons. The number of pyridine rings is 1. The van der Waals surface area contributed by atoms with Gasteiger partial charge >= 0.3 is 6.36 Å². The third-order valence-corrected chi connectivity index (χ3v) is 5.95. The highest BCUT2D eigenvalue weighted by Gasteiger charge is 2.31. The van der Waals surface area contributed by atoms with Gasteiger partial charge in [-0.2, -0.15) is 0 Å². The van der Waals surface area contributed by atoms with E-state index in [-0.39, 0.29) is 11.5 Å². The summed E-state index contributed by atoms with van der Waals surface area (Å²) in [4.78, 5) is 6.74. The highest BCUT2D eigenvalue weighted by Crippen LogP contribution is 2.26. The van der Waals surface area contributed by atoms with Crippen molar-refractivity contribution in [1.29, 1.82) is 0 Å². The van der Waals surface area contributed by atoms with Crippen LogP contribution in [0.15, 0.2) is 79.2 Å². The summed E-state index contributed by atoms with van der Waals surface area (Å²) >= 11 is 0. The van der Waals surface area contributed by atoms with E-state index in [2.05, 4.69) is 35.0 Å². The van der Waals surface area contributed by atoms with Crippen molar-refractivity contribution < 1.29 is 27.8 Å². The minimum atomic E-state index is -4.72. The molecule has 5 nitrogen and oxygen atoms in total. The summed E-state index contributed by atoms with van der Waals surface area (Å²) in [6.45, 7) is 12.3. The van der Waals surface area contributed by atoms with Crippen molar-refractivity contribution in [2.24, 2.45) is 0 Å². The molecular weight excluding hydrogens is 481 g/mol. The number of hydrogen-bond acceptors (Lipinski definition) is 5. The van der Waals surface area contributed by atoms with Crippen LogP contribution in [0.5, 0.6) is 11.5 Å². The van der Waals surface area contributed by atoms with Gasteiger partial charge in [-0.05, 0) is 73.2 Å². The molecule has 0 fully saturated rings. The summed E-state index contributed by atoms with van der Waals surface area (Å²) in [6.07, 6.45) is -2.16. The first kappa shape index (κ1) is 27.9. The van der Waals surface area contributed by atoms with Crippen molar-refractivity contribution in [3.8, 4) is 11.5 Å². The third kappa shape index (κ3) is 8.44. The minimum absolute atomic E-state index is 0.0544. The number of alkyl halides is 3. The molecule has 0 atom stereocenters. The van der Waals surface area contributed by atoms with Crippen LogP contribution < -0.4 is 14.4 Å². The van der Waals surface area contributed by atoms with Crippen LogP contribution >= 0.6 is 0 Å². The fourth-order valence-corrected chi connectivity index (χ4v) is 3.56. The first-order valence-corrected chi connectivity index (χ1v) is 12.0. The Morgan fingerprint density at radius 2 is 1.49 bits per heavy atom. The van der Waals surface area contributed by atoms with Crippen molar-refractivity contribution >= 4 is 5.82 Å². The number of rotatable bonds is 11. The van der Waals surface area contributed by atoms with Gasteiger partial charge in [-0.3, -0.25) is 0 Å². The summed E-state index contributed by atoms with van der Waals surface area (Å²) in [5, 5.41) is 9.70. The van der Waals surface area contributed by atoms with E-state index < -0.39 is 12.0 Å². The second-order valence-corrected chi connectivity index (χ2v) is 9.67. The average Bonchev–Trinajstić information content (AvgIpc) is 2.82. The summed E-state index contributed by atoms with van der Waals surface area (Å²) in [7, 11) is 0. The number of hydrogen-bond donors (Lipinski definition) is 1. The van der Waals surface area contributed by atoms with Gasteiger partial charge in [0.15, 0.2) is 5.60 Å². The topological polar surface area (TPSA) is 54.8 Å². The first-order valence-electron chi connectivity index (χ1n) is 12.0. The minimum Gasteiger partial charge on any atom is -0.509 e. The number of anilines is 1. The van der Waals surface area contributed by atoms with Crippen LogP contribution in [-0.2, 0) is 13.0 Å². The van der Waals surface area contributed by atoms with Gasteiger partial charge in [0.25, 0.3) is 0 Å². The first-order chi connectivity index (χ1) is 17.3. The Morgan fingerprint density at radius 3 is 1.97 bits per heavy atom. The maximum absolute atomic E-state index is 12.5. The molecule has 37 heavy (non-hydrogen) atoms. The zero-order valence-electron chi connectivity index (χ0n) is 21.5. The molecule has 0 bridgehead atoms. The summed E-state index contributed by atoms with van der Waals surface area (Å²) in [5.41, 5.74) is 2.14. The average molecular weight is 515 g/mol. The van der Waals surface area contributed by atoms with Crippen LogP contribution in [0.25, 0.3) is 0 Å². The number of aliphatic hydroxyl groups excluding tert-OH is 1. The highest BCUT2D eigenvalue weighted by atomic mass is 19.4. The van der Waals surface area contributed by atoms with Gasteiger partial charge in [0.2, 0.25) is 0 Å². The molecule has 2 aromatic carbocycles. The molecule has 3 aromatic rings. The Morgan fingerprint density at radius 1 is 0.919 bits per heavy atom. The Kier molecular flexibility index (Phi) is 8.73. The van der Waals surface area contributed by atoms with Crippen LogP contribution in [-0.4, -0.2) is 28.6 Å². The van der Waals surface area contributed by atoms with E-state index in [4.69, 9.17) is 4.74 Å². The van der Waals surface area contributed by atoms with E-state index in [1.54, 1.807) is 26.0 Å². The van der Waals surface area contributed by atoms with Gasteiger partial charge < -0.3 is 19.5 Å². The predicted octanol–water partition coefficient (Wildman–Crippen LogP) is 7.58. The second kappa shape index (κ2) is 11.6. The number of aliphatic hydroxyl groups is 1. The van der Waals surface area contributed by atoms with E-state index in [0.717, 1.165) is 22.5 Å². The molecule has 1 N–H and O–H groups in total. The summed E-state index contributed by atoms with van der Waals surface area (Å²) < 4.78 is 47.3. The lowest BCUT2D eigenvalue weighted by molar-refractivity contribution is -0.274. The van der Waals surface area contributed by atoms with Crippen molar-refractivity contribution in [3.05, 3.63) is 95.9 Å². The van der Waals surface area contributed by atoms with E-state index in [9.17, 15) is 18.3 Å². The molecular formula is C29H33F3N2O3. The van der Waals surface area contributed by atoms with Gasteiger partial charge in [-0.15, -0.1) is 13.2 Å². The molecule has 0 unspecified atom stereocenters. The molecule has 1 heterocycles. The Hall–Kier alpha value is -3.68. The van der Waals surface area contributed by atoms with Crippen molar-refractivity contribution in [2.75, 3.05) is 11.4 Å². The van der Waals surface area contributed by atoms with Crippen molar-refractivity contribution in [2.45, 2.75) is 58.5 Å². The lowest BCUT2D eigenvalue weighted by atomic mass is 10.1. The van der Waals surface area contributed by atoms with Crippen LogP contribution in [0.4, 0.5) is 19.0 Å². The zero-order valence-corrected chi connectivity index (χ0v) is 21.5. The molecule has 8 heteroatoms. The molecule has 1 aromatic heterocycles. The standard InChI is InChI=1S/C29H33F3N2O3/c1-20(2)24-10-15-27(33-18-24)34(19-23-8-13-26(14-9-23)37-29(30,31)32)17-16-22-6-11-25(12-7-22)36-28(4,5)21(3)35/h6-15,18,20,35H,3,16-17,19H2,1-2,4-5H3. The van der Waals surface area contributed by atoms with Crippen LogP contribution in [0.1, 0.15) is 50.3 Å². The van der Waals surface area contributed by atoms with Gasteiger partial charge in [-0.25, -0.2) is 4.98 Å². The summed E-state index contributed by atoms with van der Waals surface area (Å²) in [6, 6.07) is 17.5. The summed E-state index contributed by atoms with van der Waals surface area (Å²) in [5.74, 6) is 1.44. The van der Waals surface area contributed by atoms with E-state index in [0.29, 0.717) is 31.2 Å². The van der Waals surface area contributed by atoms with Crippen molar-refractivity contribution in [1.82, 2.24) is 4.98 Å². The maximum Gasteiger partial charge on any atom is 0.573 e. The van der Waals surface area contributed by atoms with Crippen LogP contribution in [0.2, 0.25) is 0 Å². The van der Waals surface area contributed by atoms with Crippen LogP contribution in [0, 0.1) is 0 Å². The molecule has 0 spiro atoms. The Balaban J connectivity index is 1.74. The number of halogens is 3. The van der Waals surface area contributed by atoms with Crippen molar-refractivity contribution in [3.63, 3.8) is 0 Å². The quantitative estimate of drug-likeness (QED) is 0.267. The smallest absolute Gasteiger partial charge is 0.509 e. The molecule has 3 rings (SSSR count). The molecule has 0 amide bonds. The maximum atomic E-state index is 12.5. The number of benzene rings is 2. The number of nitrogens with zero attached hydrogens (tertiary/aromatic N) is 2. The van der Waals surface area contributed by atoms with E-state index >= 15 is 0 Å². The lowest BCUT2D eigenvalue weighted by Crippen LogP contribution is -2.30. The van der Waals surface area contributed by atoms with Gasteiger partial charge in [0, 0.05) is 19.3 Å².